The van der Waals surface area contributed by atoms with Gasteiger partial charge in [0.25, 0.3) is 11.8 Å². The Labute approximate surface area is 196 Å². The highest BCUT2D eigenvalue weighted by Crippen LogP contribution is 2.23. The van der Waals surface area contributed by atoms with Gasteiger partial charge in [-0.15, -0.1) is 0 Å². The largest absolute Gasteiger partial charge is 0.271 e. The van der Waals surface area contributed by atoms with Crippen LogP contribution in [0, 0.1) is 0 Å². The summed E-state index contributed by atoms with van der Waals surface area (Å²) in [6, 6.07) is 19.1. The van der Waals surface area contributed by atoms with E-state index in [1.807, 2.05) is 30.3 Å². The van der Waals surface area contributed by atoms with Gasteiger partial charge in [0.15, 0.2) is 0 Å². The lowest BCUT2D eigenvalue weighted by Crippen LogP contribution is -2.41. The van der Waals surface area contributed by atoms with E-state index in [-0.39, 0.29) is 27.6 Å². The summed E-state index contributed by atoms with van der Waals surface area (Å²) in [5.41, 5.74) is 5.43. The van der Waals surface area contributed by atoms with Crippen molar-refractivity contribution in [3.05, 3.63) is 99.5 Å². The number of halogens is 2. The first-order valence-electron chi connectivity index (χ1n) is 9.34. The molecule has 3 aromatic rings. The average molecular weight is 492 g/mol. The predicted octanol–water partition coefficient (Wildman–Crippen LogP) is 3.89. The molecule has 0 spiro atoms. The molecule has 0 heterocycles. The lowest BCUT2D eigenvalue weighted by atomic mass is 10.2. The molecule has 3 rings (SSSR count). The van der Waals surface area contributed by atoms with Crippen molar-refractivity contribution in [3.8, 4) is 0 Å². The standard InChI is InChI=1S/C22H19Cl2N3O4S/c1-27(14-15-6-3-2-4-7-15)32(30,31)18-10-11-20(24)19(13-18)22(29)26-25-21(28)16-8-5-9-17(23)12-16/h2-13H,14H2,1H3,(H,25,28)(H,26,29). The SMILES string of the molecule is CN(Cc1ccccc1)S(=O)(=O)c1ccc(Cl)c(C(=O)NNC(=O)c2cccc(Cl)c2)c1. The number of nitrogens with zero attached hydrogens (tertiary/aromatic N) is 1. The molecule has 0 aliphatic carbocycles. The third kappa shape index (κ3) is 5.66. The van der Waals surface area contributed by atoms with E-state index < -0.39 is 21.8 Å². The van der Waals surface area contributed by atoms with Crippen molar-refractivity contribution in [2.24, 2.45) is 0 Å². The van der Waals surface area contributed by atoms with Crippen molar-refractivity contribution >= 4 is 45.0 Å². The fraction of sp³-hybridized carbons (Fsp3) is 0.0909. The summed E-state index contributed by atoms with van der Waals surface area (Å²) in [5, 5.41) is 0.397. The van der Waals surface area contributed by atoms with Crippen LogP contribution in [0.15, 0.2) is 77.7 Å². The van der Waals surface area contributed by atoms with Crippen LogP contribution in [0.4, 0.5) is 0 Å². The van der Waals surface area contributed by atoms with Gasteiger partial charge in [-0.3, -0.25) is 20.4 Å². The van der Waals surface area contributed by atoms with Gasteiger partial charge in [0.2, 0.25) is 10.0 Å². The van der Waals surface area contributed by atoms with Crippen molar-refractivity contribution in [2.45, 2.75) is 11.4 Å². The number of sulfonamides is 1. The molecule has 0 aromatic heterocycles. The number of carbonyl (C=O) groups is 2. The molecule has 10 heteroatoms. The highest BCUT2D eigenvalue weighted by atomic mass is 35.5. The van der Waals surface area contributed by atoms with Crippen LogP contribution in [0.25, 0.3) is 0 Å². The number of hydrogen-bond acceptors (Lipinski definition) is 4. The fourth-order valence-electron chi connectivity index (χ4n) is 2.83. The van der Waals surface area contributed by atoms with Gasteiger partial charge in [-0.2, -0.15) is 4.31 Å². The first-order chi connectivity index (χ1) is 15.2. The van der Waals surface area contributed by atoms with Gasteiger partial charge in [-0.25, -0.2) is 8.42 Å². The molecule has 166 valence electrons. The average Bonchev–Trinajstić information content (AvgIpc) is 2.78. The maximum atomic E-state index is 13.0. The maximum absolute atomic E-state index is 13.0. The van der Waals surface area contributed by atoms with Gasteiger partial charge < -0.3 is 0 Å². The molecule has 0 atom stereocenters. The van der Waals surface area contributed by atoms with Crippen molar-refractivity contribution in [1.82, 2.24) is 15.2 Å². The van der Waals surface area contributed by atoms with Crippen molar-refractivity contribution < 1.29 is 18.0 Å². The second-order valence-electron chi connectivity index (χ2n) is 6.81. The molecule has 0 bridgehead atoms. The number of nitrogens with one attached hydrogen (secondary N) is 2. The zero-order valence-corrected chi connectivity index (χ0v) is 19.2. The summed E-state index contributed by atoms with van der Waals surface area (Å²) in [6.07, 6.45) is 0. The number of hydrogen-bond donors (Lipinski definition) is 2. The van der Waals surface area contributed by atoms with Crippen LogP contribution in [-0.4, -0.2) is 31.6 Å². The van der Waals surface area contributed by atoms with Gasteiger partial charge in [0.05, 0.1) is 15.5 Å². The Hall–Kier alpha value is -2.91. The molecular weight excluding hydrogens is 473 g/mol. The van der Waals surface area contributed by atoms with E-state index in [0.717, 1.165) is 5.56 Å². The molecule has 7 nitrogen and oxygen atoms in total. The van der Waals surface area contributed by atoms with E-state index in [0.29, 0.717) is 5.02 Å². The van der Waals surface area contributed by atoms with Crippen LogP contribution in [-0.2, 0) is 16.6 Å². The molecule has 32 heavy (non-hydrogen) atoms. The van der Waals surface area contributed by atoms with Crippen LogP contribution < -0.4 is 10.9 Å². The smallest absolute Gasteiger partial charge is 0.267 e. The van der Waals surface area contributed by atoms with E-state index in [1.54, 1.807) is 12.1 Å². The van der Waals surface area contributed by atoms with Crippen molar-refractivity contribution in [1.29, 1.82) is 0 Å². The molecule has 0 aliphatic rings. The molecular formula is C22H19Cl2N3O4S. The number of carbonyl (C=O) groups excluding carboxylic acids is 2. The molecule has 0 unspecified atom stereocenters. The quantitative estimate of drug-likeness (QED) is 0.511. The zero-order chi connectivity index (χ0) is 23.3. The minimum Gasteiger partial charge on any atom is -0.267 e. The van der Waals surface area contributed by atoms with Gasteiger partial charge >= 0.3 is 0 Å². The topological polar surface area (TPSA) is 95.6 Å². The van der Waals surface area contributed by atoms with Crippen LogP contribution in [0.5, 0.6) is 0 Å². The van der Waals surface area contributed by atoms with Crippen molar-refractivity contribution in [3.63, 3.8) is 0 Å². The Morgan fingerprint density at radius 2 is 1.56 bits per heavy atom. The van der Waals surface area contributed by atoms with Crippen molar-refractivity contribution in [2.75, 3.05) is 7.05 Å². The van der Waals surface area contributed by atoms with Crippen LogP contribution in [0.3, 0.4) is 0 Å². The highest BCUT2D eigenvalue weighted by Gasteiger charge is 2.23. The Morgan fingerprint density at radius 3 is 2.25 bits per heavy atom. The predicted molar refractivity (Wildman–Crippen MR) is 123 cm³/mol. The summed E-state index contributed by atoms with van der Waals surface area (Å²) in [7, 11) is -2.45. The second-order valence-corrected chi connectivity index (χ2v) is 9.70. The van der Waals surface area contributed by atoms with Gasteiger partial charge in [0, 0.05) is 24.2 Å². The molecule has 2 N–H and O–H groups in total. The summed E-state index contributed by atoms with van der Waals surface area (Å²) in [6.45, 7) is 0.156. The van der Waals surface area contributed by atoms with E-state index in [2.05, 4.69) is 10.9 Å². The van der Waals surface area contributed by atoms with Crippen LogP contribution in [0.1, 0.15) is 26.3 Å². The Bertz CT molecular complexity index is 1250. The molecule has 3 aromatic carbocycles. The van der Waals surface area contributed by atoms with Gasteiger partial charge in [0.1, 0.15) is 0 Å². The van der Waals surface area contributed by atoms with Gasteiger partial charge in [-0.05, 0) is 42.0 Å². The van der Waals surface area contributed by atoms with E-state index in [1.165, 1.54) is 41.7 Å². The Morgan fingerprint density at radius 1 is 0.875 bits per heavy atom. The number of benzene rings is 3. The number of rotatable bonds is 6. The monoisotopic (exact) mass is 491 g/mol. The van der Waals surface area contributed by atoms with Crippen LogP contribution in [0.2, 0.25) is 10.0 Å². The lowest BCUT2D eigenvalue weighted by Gasteiger charge is -2.18. The molecule has 0 saturated carbocycles. The fourth-order valence-corrected chi connectivity index (χ4v) is 4.41. The first-order valence-corrected chi connectivity index (χ1v) is 11.5. The minimum atomic E-state index is -3.90. The summed E-state index contributed by atoms with van der Waals surface area (Å²) in [5.74, 6) is -1.36. The third-order valence-electron chi connectivity index (χ3n) is 4.52. The third-order valence-corrected chi connectivity index (χ3v) is 6.88. The maximum Gasteiger partial charge on any atom is 0.271 e. The molecule has 0 radical (unpaired) electrons. The summed E-state index contributed by atoms with van der Waals surface area (Å²) >= 11 is 12.0. The highest BCUT2D eigenvalue weighted by molar-refractivity contribution is 7.89. The van der Waals surface area contributed by atoms with E-state index >= 15 is 0 Å². The minimum absolute atomic E-state index is 0.0316. The first kappa shape index (κ1) is 23.7. The number of amides is 2. The second kappa shape index (κ2) is 10.1. The lowest BCUT2D eigenvalue weighted by molar-refractivity contribution is 0.0846. The summed E-state index contributed by atoms with van der Waals surface area (Å²) in [4.78, 5) is 24.6. The summed E-state index contributed by atoms with van der Waals surface area (Å²) < 4.78 is 27.1. The Balaban J connectivity index is 1.75. The van der Waals surface area contributed by atoms with Gasteiger partial charge in [-0.1, -0.05) is 59.6 Å². The Kier molecular flexibility index (Phi) is 7.52. The number of hydrazine groups is 1. The van der Waals surface area contributed by atoms with E-state index in [4.69, 9.17) is 23.2 Å². The molecule has 0 fully saturated rings. The normalized spacial score (nSPS) is 11.2. The van der Waals surface area contributed by atoms with Crippen LogP contribution >= 0.6 is 23.2 Å². The van der Waals surface area contributed by atoms with E-state index in [9.17, 15) is 18.0 Å². The molecule has 0 aliphatic heterocycles. The zero-order valence-electron chi connectivity index (χ0n) is 16.9. The molecule has 0 saturated heterocycles. The molecule has 2 amide bonds.